The van der Waals surface area contributed by atoms with Crippen molar-refractivity contribution in [2.45, 2.75) is 90.1 Å². The number of unbranched alkanes of at least 4 members (excludes halogenated alkanes) is 3. The highest BCUT2D eigenvalue weighted by molar-refractivity contribution is 4.93. The molecular formula is C14H32N2. The zero-order valence-corrected chi connectivity index (χ0v) is 11.6. The fourth-order valence-electron chi connectivity index (χ4n) is 2.22. The lowest BCUT2D eigenvalue weighted by Crippen LogP contribution is -2.55. The van der Waals surface area contributed by atoms with Crippen molar-refractivity contribution < 1.29 is 0 Å². The Morgan fingerprint density at radius 3 is 1.69 bits per heavy atom. The molecule has 2 nitrogen and oxygen atoms in total. The van der Waals surface area contributed by atoms with Gasteiger partial charge < -0.3 is 11.5 Å². The van der Waals surface area contributed by atoms with Crippen LogP contribution in [0.15, 0.2) is 0 Å². The highest BCUT2D eigenvalue weighted by atomic mass is 14.8. The number of rotatable bonds is 10. The van der Waals surface area contributed by atoms with E-state index in [1.165, 1.54) is 38.5 Å². The number of hydrogen-bond donors (Lipinski definition) is 2. The Labute approximate surface area is 102 Å². The zero-order valence-electron chi connectivity index (χ0n) is 11.6. The van der Waals surface area contributed by atoms with Gasteiger partial charge in [0, 0.05) is 11.6 Å². The minimum Gasteiger partial charge on any atom is -0.326 e. The fourth-order valence-corrected chi connectivity index (χ4v) is 2.22. The molecule has 98 valence electrons. The Hall–Kier alpha value is -0.0800. The molecule has 0 aliphatic rings. The van der Waals surface area contributed by atoms with Gasteiger partial charge in [-0.3, -0.25) is 0 Å². The first kappa shape index (κ1) is 15.9. The van der Waals surface area contributed by atoms with E-state index in [1.54, 1.807) is 0 Å². The van der Waals surface area contributed by atoms with Crippen LogP contribution in [0, 0.1) is 0 Å². The normalized spacial score (nSPS) is 14.1. The molecule has 1 atom stereocenters. The number of nitrogens with two attached hydrogens (primary N) is 2. The maximum absolute atomic E-state index is 6.53. The molecule has 1 unspecified atom stereocenters. The summed E-state index contributed by atoms with van der Waals surface area (Å²) in [6, 6.07) is 0.186. The van der Waals surface area contributed by atoms with Crippen LogP contribution in [-0.4, -0.2) is 11.6 Å². The molecule has 0 aromatic carbocycles. The summed E-state index contributed by atoms with van der Waals surface area (Å²) in [5.41, 5.74) is 12.7. The largest absolute Gasteiger partial charge is 0.326 e. The fraction of sp³-hybridized carbons (Fsp3) is 1.00. The Morgan fingerprint density at radius 2 is 1.31 bits per heavy atom. The van der Waals surface area contributed by atoms with E-state index in [1.807, 2.05) is 0 Å². The van der Waals surface area contributed by atoms with Crippen molar-refractivity contribution in [3.8, 4) is 0 Å². The van der Waals surface area contributed by atoms with E-state index in [0.29, 0.717) is 0 Å². The second kappa shape index (κ2) is 9.00. The summed E-state index contributed by atoms with van der Waals surface area (Å²) in [6.45, 7) is 6.65. The van der Waals surface area contributed by atoms with Crippen LogP contribution in [0.25, 0.3) is 0 Å². The van der Waals surface area contributed by atoms with Crippen LogP contribution in [0.2, 0.25) is 0 Å². The predicted octanol–water partition coefficient (Wildman–Crippen LogP) is 3.58. The summed E-state index contributed by atoms with van der Waals surface area (Å²) in [5, 5.41) is 0. The molecule has 0 rings (SSSR count). The van der Waals surface area contributed by atoms with E-state index in [2.05, 4.69) is 20.8 Å². The molecule has 0 aromatic rings. The summed E-state index contributed by atoms with van der Waals surface area (Å²) in [7, 11) is 0. The summed E-state index contributed by atoms with van der Waals surface area (Å²) in [6.07, 6.45) is 10.5. The van der Waals surface area contributed by atoms with Crippen molar-refractivity contribution in [1.29, 1.82) is 0 Å². The van der Waals surface area contributed by atoms with E-state index in [-0.39, 0.29) is 11.6 Å². The zero-order chi connectivity index (χ0) is 12.4. The summed E-state index contributed by atoms with van der Waals surface area (Å²) >= 11 is 0. The van der Waals surface area contributed by atoms with Crippen molar-refractivity contribution in [1.82, 2.24) is 0 Å². The Balaban J connectivity index is 4.24. The first-order valence-electron chi connectivity index (χ1n) is 7.15. The molecule has 0 aromatic heterocycles. The van der Waals surface area contributed by atoms with Gasteiger partial charge in [-0.05, 0) is 19.3 Å². The van der Waals surface area contributed by atoms with E-state index >= 15 is 0 Å². The van der Waals surface area contributed by atoms with Gasteiger partial charge in [-0.15, -0.1) is 0 Å². The summed E-state index contributed by atoms with van der Waals surface area (Å²) < 4.78 is 0. The highest BCUT2D eigenvalue weighted by Gasteiger charge is 2.30. The van der Waals surface area contributed by atoms with E-state index in [0.717, 1.165) is 19.3 Å². The molecule has 0 aliphatic carbocycles. The predicted molar refractivity (Wildman–Crippen MR) is 73.5 cm³/mol. The quantitative estimate of drug-likeness (QED) is 0.600. The van der Waals surface area contributed by atoms with Gasteiger partial charge in [0.15, 0.2) is 0 Å². The van der Waals surface area contributed by atoms with Crippen molar-refractivity contribution in [3.05, 3.63) is 0 Å². The van der Waals surface area contributed by atoms with Gasteiger partial charge in [-0.25, -0.2) is 0 Å². The van der Waals surface area contributed by atoms with Crippen molar-refractivity contribution in [3.63, 3.8) is 0 Å². The Morgan fingerprint density at radius 1 is 0.875 bits per heavy atom. The monoisotopic (exact) mass is 228 g/mol. The smallest absolute Gasteiger partial charge is 0.0307 e. The molecule has 0 heterocycles. The van der Waals surface area contributed by atoms with Crippen LogP contribution in [0.1, 0.15) is 78.6 Å². The van der Waals surface area contributed by atoms with Crippen LogP contribution in [0.5, 0.6) is 0 Å². The topological polar surface area (TPSA) is 52.0 Å². The van der Waals surface area contributed by atoms with Crippen LogP contribution in [-0.2, 0) is 0 Å². The minimum atomic E-state index is -0.110. The van der Waals surface area contributed by atoms with Crippen LogP contribution in [0.3, 0.4) is 0 Å². The third-order valence-electron chi connectivity index (χ3n) is 3.60. The van der Waals surface area contributed by atoms with Crippen LogP contribution in [0.4, 0.5) is 0 Å². The average molecular weight is 228 g/mol. The molecule has 0 radical (unpaired) electrons. The maximum atomic E-state index is 6.53. The van der Waals surface area contributed by atoms with Crippen LogP contribution >= 0.6 is 0 Å². The number of hydrogen-bond acceptors (Lipinski definition) is 2. The summed E-state index contributed by atoms with van der Waals surface area (Å²) in [5.74, 6) is 0. The van der Waals surface area contributed by atoms with E-state index in [9.17, 15) is 0 Å². The van der Waals surface area contributed by atoms with Gasteiger partial charge in [-0.1, -0.05) is 59.3 Å². The Kier molecular flexibility index (Phi) is 8.96. The lowest BCUT2D eigenvalue weighted by molar-refractivity contribution is 0.269. The summed E-state index contributed by atoms with van der Waals surface area (Å²) in [4.78, 5) is 0. The third-order valence-corrected chi connectivity index (χ3v) is 3.60. The van der Waals surface area contributed by atoms with Gasteiger partial charge >= 0.3 is 0 Å². The SMILES string of the molecule is CCCCC(N)C(N)(CCCC)CCCC. The molecule has 0 amide bonds. The van der Waals surface area contributed by atoms with E-state index < -0.39 is 0 Å². The van der Waals surface area contributed by atoms with Gasteiger partial charge in [0.25, 0.3) is 0 Å². The molecule has 0 fully saturated rings. The molecule has 0 saturated carbocycles. The molecule has 0 saturated heterocycles. The van der Waals surface area contributed by atoms with Crippen LogP contribution < -0.4 is 11.5 Å². The third kappa shape index (κ3) is 5.86. The second-order valence-corrected chi connectivity index (χ2v) is 5.19. The lowest BCUT2D eigenvalue weighted by atomic mass is 9.80. The highest BCUT2D eigenvalue weighted by Crippen LogP contribution is 2.24. The van der Waals surface area contributed by atoms with Crippen molar-refractivity contribution in [2.75, 3.05) is 0 Å². The van der Waals surface area contributed by atoms with Gasteiger partial charge in [-0.2, -0.15) is 0 Å². The van der Waals surface area contributed by atoms with Gasteiger partial charge in [0.1, 0.15) is 0 Å². The molecule has 0 spiro atoms. The standard InChI is InChI=1S/C14H32N2/c1-4-7-10-13(15)14(16,11-8-5-2)12-9-6-3/h13H,4-12,15-16H2,1-3H3. The molecule has 0 bridgehead atoms. The molecule has 4 N–H and O–H groups in total. The van der Waals surface area contributed by atoms with Gasteiger partial charge in [0.05, 0.1) is 0 Å². The van der Waals surface area contributed by atoms with Crippen molar-refractivity contribution >= 4 is 0 Å². The molecule has 2 heteroatoms. The second-order valence-electron chi connectivity index (χ2n) is 5.19. The first-order valence-corrected chi connectivity index (χ1v) is 7.15. The average Bonchev–Trinajstić information content (AvgIpc) is 2.30. The molecule has 16 heavy (non-hydrogen) atoms. The van der Waals surface area contributed by atoms with E-state index in [4.69, 9.17) is 11.5 Å². The van der Waals surface area contributed by atoms with Crippen molar-refractivity contribution in [2.24, 2.45) is 11.5 Å². The lowest BCUT2D eigenvalue weighted by Gasteiger charge is -2.36. The Bertz CT molecular complexity index is 149. The minimum absolute atomic E-state index is 0.110. The molecule has 0 aliphatic heterocycles. The first-order chi connectivity index (χ1) is 7.60. The molecular weight excluding hydrogens is 196 g/mol. The maximum Gasteiger partial charge on any atom is 0.0307 e. The van der Waals surface area contributed by atoms with Gasteiger partial charge in [0.2, 0.25) is 0 Å².